The Balaban J connectivity index is 1.00. The third kappa shape index (κ3) is 5.83. The Morgan fingerprint density at radius 3 is 1.85 bits per heavy atom. The Bertz CT molecular complexity index is 3070. The molecule has 8 aromatic rings. The maximum absolute atomic E-state index is 2.50. The van der Waals surface area contributed by atoms with E-state index in [1.54, 1.807) is 0 Å². The van der Waals surface area contributed by atoms with Crippen LogP contribution in [0, 0.1) is 5.92 Å². The number of fused-ring (bicyclic) bond motifs is 7. The molecule has 2 atom stereocenters. The Kier molecular flexibility index (Phi) is 8.49. The molecule has 0 aliphatic heterocycles. The normalized spacial score (nSPS) is 17.6. The molecule has 1 nitrogen and oxygen atoms in total. The summed E-state index contributed by atoms with van der Waals surface area (Å²) < 4.78 is 0. The van der Waals surface area contributed by atoms with E-state index in [1.807, 2.05) is 0 Å². The molecule has 0 saturated carbocycles. The van der Waals surface area contributed by atoms with Gasteiger partial charge in [0.1, 0.15) is 0 Å². The van der Waals surface area contributed by atoms with Crippen molar-refractivity contribution in [3.63, 3.8) is 0 Å². The number of anilines is 3. The Morgan fingerprint density at radius 1 is 0.443 bits per heavy atom. The lowest BCUT2D eigenvalue weighted by atomic mass is 9.62. The van der Waals surface area contributed by atoms with Gasteiger partial charge in [-0.15, -0.1) is 0 Å². The Morgan fingerprint density at radius 2 is 1.08 bits per heavy atom. The van der Waals surface area contributed by atoms with Crippen molar-refractivity contribution in [1.82, 2.24) is 0 Å². The minimum Gasteiger partial charge on any atom is -0.310 e. The van der Waals surface area contributed by atoms with Gasteiger partial charge in [0.2, 0.25) is 0 Å². The van der Waals surface area contributed by atoms with E-state index >= 15 is 0 Å². The highest BCUT2D eigenvalue weighted by molar-refractivity contribution is 5.89. The molecule has 0 bridgehead atoms. The first-order chi connectivity index (χ1) is 30.2. The van der Waals surface area contributed by atoms with Crippen LogP contribution in [0.1, 0.15) is 51.8 Å². The summed E-state index contributed by atoms with van der Waals surface area (Å²) in [7, 11) is 0. The summed E-state index contributed by atoms with van der Waals surface area (Å²) in [5.41, 5.74) is 23.0. The molecule has 0 fully saturated rings. The van der Waals surface area contributed by atoms with Crippen molar-refractivity contribution in [2.75, 3.05) is 4.90 Å². The van der Waals surface area contributed by atoms with Gasteiger partial charge in [0.15, 0.2) is 0 Å². The first-order valence-electron chi connectivity index (χ1n) is 21.9. The van der Waals surface area contributed by atoms with Crippen LogP contribution in [0.3, 0.4) is 0 Å². The second-order valence-corrected chi connectivity index (χ2v) is 17.1. The molecule has 61 heavy (non-hydrogen) atoms. The first-order valence-corrected chi connectivity index (χ1v) is 21.9. The molecule has 290 valence electrons. The minimum atomic E-state index is -0.350. The van der Waals surface area contributed by atoms with E-state index < -0.39 is 0 Å². The number of benzene rings is 8. The van der Waals surface area contributed by atoms with Crippen LogP contribution in [-0.4, -0.2) is 0 Å². The summed E-state index contributed by atoms with van der Waals surface area (Å²) in [6, 6.07) is 68.8. The molecule has 1 heteroatoms. The highest BCUT2D eigenvalue weighted by atomic mass is 15.1. The van der Waals surface area contributed by atoms with E-state index in [1.165, 1.54) is 83.5 Å². The smallest absolute Gasteiger partial charge is 0.0529 e. The van der Waals surface area contributed by atoms with E-state index in [4.69, 9.17) is 0 Å². The van der Waals surface area contributed by atoms with Crippen LogP contribution >= 0.6 is 0 Å². The van der Waals surface area contributed by atoms with Crippen LogP contribution in [0.25, 0.3) is 50.6 Å². The van der Waals surface area contributed by atoms with Gasteiger partial charge in [0.05, 0.1) is 5.41 Å². The summed E-state index contributed by atoms with van der Waals surface area (Å²) in [6.07, 6.45) is 18.0. The van der Waals surface area contributed by atoms with Crippen molar-refractivity contribution in [1.29, 1.82) is 0 Å². The molecule has 0 N–H and O–H groups in total. The van der Waals surface area contributed by atoms with Gasteiger partial charge in [-0.3, -0.25) is 0 Å². The third-order valence-electron chi connectivity index (χ3n) is 13.8. The van der Waals surface area contributed by atoms with Gasteiger partial charge in [0.25, 0.3) is 0 Å². The molecule has 0 amide bonds. The van der Waals surface area contributed by atoms with Gasteiger partial charge in [-0.25, -0.2) is 0 Å². The molecular weight excluding hydrogens is 735 g/mol. The van der Waals surface area contributed by atoms with E-state index in [0.717, 1.165) is 42.7 Å². The lowest BCUT2D eigenvalue weighted by molar-refractivity contribution is 0.457. The average Bonchev–Trinajstić information content (AvgIpc) is 3.86. The fourth-order valence-corrected chi connectivity index (χ4v) is 10.9. The summed E-state index contributed by atoms with van der Waals surface area (Å²) in [6.45, 7) is 0. The highest BCUT2D eigenvalue weighted by Crippen LogP contribution is 2.59. The second kappa shape index (κ2) is 14.5. The van der Waals surface area contributed by atoms with Crippen molar-refractivity contribution in [3.8, 4) is 44.5 Å². The van der Waals surface area contributed by atoms with Crippen LogP contribution in [0.4, 0.5) is 17.1 Å². The zero-order valence-electron chi connectivity index (χ0n) is 34.1. The predicted molar refractivity (Wildman–Crippen MR) is 256 cm³/mol. The van der Waals surface area contributed by atoms with Crippen LogP contribution in [-0.2, 0) is 18.3 Å². The fourth-order valence-electron chi connectivity index (χ4n) is 10.9. The maximum Gasteiger partial charge on any atom is 0.0529 e. The van der Waals surface area contributed by atoms with E-state index in [9.17, 15) is 0 Å². The Labute approximate surface area is 359 Å². The zero-order chi connectivity index (χ0) is 40.3. The second-order valence-electron chi connectivity index (χ2n) is 17.1. The fraction of sp³-hybridized carbons (Fsp3) is 0.100. The maximum atomic E-state index is 2.50. The number of hydrogen-bond acceptors (Lipinski definition) is 1. The van der Waals surface area contributed by atoms with Crippen molar-refractivity contribution < 1.29 is 0 Å². The number of nitrogens with zero attached hydrogens (tertiary/aromatic N) is 1. The number of aryl methyl sites for hydroxylation is 1. The van der Waals surface area contributed by atoms with E-state index in [2.05, 4.69) is 223 Å². The topological polar surface area (TPSA) is 3.24 Å². The van der Waals surface area contributed by atoms with Crippen LogP contribution in [0.5, 0.6) is 0 Å². The van der Waals surface area contributed by atoms with Crippen molar-refractivity contribution in [2.24, 2.45) is 5.92 Å². The quantitative estimate of drug-likeness (QED) is 0.156. The lowest BCUT2D eigenvalue weighted by Crippen LogP contribution is -2.35. The molecule has 0 saturated heterocycles. The van der Waals surface area contributed by atoms with Crippen LogP contribution < -0.4 is 4.90 Å². The molecule has 2 unspecified atom stereocenters. The largest absolute Gasteiger partial charge is 0.310 e. The molecule has 0 spiro atoms. The summed E-state index contributed by atoms with van der Waals surface area (Å²) in [5.74, 6) is 0.260. The summed E-state index contributed by atoms with van der Waals surface area (Å²) in [4.78, 5) is 2.46. The summed E-state index contributed by atoms with van der Waals surface area (Å²) in [5, 5.41) is 0. The number of hydrogen-bond donors (Lipinski definition) is 0. The summed E-state index contributed by atoms with van der Waals surface area (Å²) >= 11 is 0. The van der Waals surface area contributed by atoms with E-state index in [0.29, 0.717) is 0 Å². The monoisotopic (exact) mass is 779 g/mol. The zero-order valence-corrected chi connectivity index (χ0v) is 34.1. The average molecular weight is 780 g/mol. The van der Waals surface area contributed by atoms with Gasteiger partial charge < -0.3 is 4.90 Å². The van der Waals surface area contributed by atoms with Gasteiger partial charge in [0, 0.05) is 17.1 Å². The van der Waals surface area contributed by atoms with Gasteiger partial charge in [-0.2, -0.15) is 0 Å². The van der Waals surface area contributed by atoms with Crippen molar-refractivity contribution in [3.05, 3.63) is 251 Å². The van der Waals surface area contributed by atoms with Gasteiger partial charge in [-0.05, 0) is 164 Å². The molecule has 8 aromatic carbocycles. The van der Waals surface area contributed by atoms with Crippen molar-refractivity contribution in [2.45, 2.75) is 31.1 Å². The molecular formula is C60H45N. The first kappa shape index (κ1) is 35.7. The SMILES string of the molecule is C1=CCC(C2(c3ccccc3)c3ccccc3-c3ccc(N(c4ccc(-c5ccc6c(c5)C=CCC6)cc4)c4ccc(-c5ccc6c(c5)-c5ccccc5C6)cc4)cc32)C=C1. The highest BCUT2D eigenvalue weighted by Gasteiger charge is 2.49. The molecule has 4 aliphatic carbocycles. The molecule has 12 rings (SSSR count). The molecule has 0 radical (unpaired) electrons. The Hall–Kier alpha value is -7.22. The van der Waals surface area contributed by atoms with Crippen LogP contribution in [0.2, 0.25) is 0 Å². The molecule has 4 aliphatic rings. The predicted octanol–water partition coefficient (Wildman–Crippen LogP) is 15.5. The third-order valence-corrected chi connectivity index (χ3v) is 13.8. The number of rotatable bonds is 7. The van der Waals surface area contributed by atoms with Gasteiger partial charge in [-0.1, -0.05) is 170 Å². The van der Waals surface area contributed by atoms with Crippen molar-refractivity contribution >= 4 is 23.1 Å². The molecule has 0 heterocycles. The number of allylic oxidation sites excluding steroid dienone is 5. The standard InChI is InChI=1S/C60H45N/c1-3-16-49(17-4-1)60(50-18-5-2-6-19-50)58-22-12-11-21-55(58)56-36-35-53(40-59(56)60)61(51-31-27-42(28-32-51)45-24-23-41-13-7-8-14-44(41)37-45)52-33-29-43(30-34-52)46-25-26-48-38-47-15-9-10-20-54(47)57(48)39-46/h1-6,8-12,14-18,20-37,39-40,50H,7,13,19,38H2. The lowest BCUT2D eigenvalue weighted by Gasteiger charge is -2.40. The minimum absolute atomic E-state index is 0.260. The van der Waals surface area contributed by atoms with Gasteiger partial charge >= 0.3 is 0 Å². The van der Waals surface area contributed by atoms with E-state index in [-0.39, 0.29) is 11.3 Å². The molecule has 0 aromatic heterocycles. The van der Waals surface area contributed by atoms with Crippen LogP contribution in [0.15, 0.2) is 212 Å².